The van der Waals surface area contributed by atoms with Crippen molar-refractivity contribution in [2.24, 2.45) is 5.92 Å². The number of ether oxygens (including phenoxy) is 1. The molecule has 1 aromatic heterocycles. The fourth-order valence-corrected chi connectivity index (χ4v) is 4.23. The van der Waals surface area contributed by atoms with E-state index < -0.39 is 11.2 Å². The van der Waals surface area contributed by atoms with Crippen LogP contribution in [0.15, 0.2) is 42.5 Å². The minimum atomic E-state index is -0.486. The van der Waals surface area contributed by atoms with Gasteiger partial charge in [-0.1, -0.05) is 12.1 Å². The zero-order valence-corrected chi connectivity index (χ0v) is 15.5. The molecule has 0 radical (unpaired) electrons. The van der Waals surface area contributed by atoms with E-state index >= 15 is 0 Å². The molecule has 0 N–H and O–H groups in total. The highest BCUT2D eigenvalue weighted by Gasteiger charge is 2.35. The Hall–Kier alpha value is -2.44. The van der Waals surface area contributed by atoms with Crippen LogP contribution in [0.3, 0.4) is 0 Å². The van der Waals surface area contributed by atoms with Gasteiger partial charge < -0.3 is 9.64 Å². The molecule has 1 aliphatic heterocycles. The Morgan fingerprint density at radius 1 is 1.31 bits per heavy atom. The molecule has 26 heavy (non-hydrogen) atoms. The first-order chi connectivity index (χ1) is 12.6. The molecule has 4 rings (SSSR count). The molecule has 3 aromatic rings. The van der Waals surface area contributed by atoms with E-state index in [0.717, 1.165) is 20.8 Å². The SMILES string of the molecule is COc1ccc(-c2nc3ccccc3s2)cc1N1C[C@@H](C(=O)Cl)CC1=O. The van der Waals surface area contributed by atoms with Crippen molar-refractivity contribution in [3.05, 3.63) is 42.5 Å². The highest BCUT2D eigenvalue weighted by Crippen LogP contribution is 2.38. The average molecular weight is 387 g/mol. The fraction of sp³-hybridized carbons (Fsp3) is 0.211. The first kappa shape index (κ1) is 17.0. The zero-order valence-electron chi connectivity index (χ0n) is 13.9. The number of thiazole rings is 1. The maximum Gasteiger partial charge on any atom is 0.227 e. The van der Waals surface area contributed by atoms with Gasteiger partial charge in [-0.3, -0.25) is 9.59 Å². The third-order valence-electron chi connectivity index (χ3n) is 4.46. The second-order valence-electron chi connectivity index (χ2n) is 6.08. The Morgan fingerprint density at radius 3 is 2.81 bits per heavy atom. The number of carbonyl (C=O) groups excluding carboxylic acids is 2. The van der Waals surface area contributed by atoms with Crippen LogP contribution in [0, 0.1) is 5.92 Å². The van der Waals surface area contributed by atoms with E-state index in [0.29, 0.717) is 11.4 Å². The molecule has 1 saturated heterocycles. The van der Waals surface area contributed by atoms with Gasteiger partial charge in [-0.25, -0.2) is 4.98 Å². The lowest BCUT2D eigenvalue weighted by Crippen LogP contribution is -2.25. The van der Waals surface area contributed by atoms with Crippen molar-refractivity contribution >= 4 is 50.0 Å². The van der Waals surface area contributed by atoms with Gasteiger partial charge in [0.25, 0.3) is 0 Å². The van der Waals surface area contributed by atoms with E-state index in [1.165, 1.54) is 0 Å². The molecule has 5 nitrogen and oxygen atoms in total. The van der Waals surface area contributed by atoms with Gasteiger partial charge in [0.15, 0.2) is 0 Å². The molecule has 0 aliphatic carbocycles. The molecule has 2 aromatic carbocycles. The lowest BCUT2D eigenvalue weighted by Gasteiger charge is -2.20. The number of para-hydroxylation sites is 1. The van der Waals surface area contributed by atoms with E-state index in [-0.39, 0.29) is 18.9 Å². The van der Waals surface area contributed by atoms with E-state index in [4.69, 9.17) is 16.3 Å². The van der Waals surface area contributed by atoms with Crippen LogP contribution in [0.2, 0.25) is 0 Å². The second-order valence-corrected chi connectivity index (χ2v) is 7.49. The summed E-state index contributed by atoms with van der Waals surface area (Å²) in [6, 6.07) is 13.6. The van der Waals surface area contributed by atoms with E-state index in [2.05, 4.69) is 4.98 Å². The van der Waals surface area contributed by atoms with Crippen molar-refractivity contribution in [1.29, 1.82) is 0 Å². The number of nitrogens with zero attached hydrogens (tertiary/aromatic N) is 2. The minimum Gasteiger partial charge on any atom is -0.495 e. The number of anilines is 1. The fourth-order valence-electron chi connectivity index (χ4n) is 3.12. The number of rotatable bonds is 4. The van der Waals surface area contributed by atoms with Gasteiger partial charge in [0.05, 0.1) is 28.9 Å². The van der Waals surface area contributed by atoms with Gasteiger partial charge >= 0.3 is 0 Å². The Bertz CT molecular complexity index is 984. The predicted molar refractivity (Wildman–Crippen MR) is 103 cm³/mol. The number of carbonyl (C=O) groups is 2. The van der Waals surface area contributed by atoms with E-state index in [9.17, 15) is 9.59 Å². The van der Waals surface area contributed by atoms with Gasteiger partial charge in [-0.15, -0.1) is 11.3 Å². The van der Waals surface area contributed by atoms with Crippen LogP contribution >= 0.6 is 22.9 Å². The maximum atomic E-state index is 12.4. The zero-order chi connectivity index (χ0) is 18.3. The number of methoxy groups -OCH3 is 1. The van der Waals surface area contributed by atoms with Crippen molar-refractivity contribution < 1.29 is 14.3 Å². The molecule has 7 heteroatoms. The number of amides is 1. The quantitative estimate of drug-likeness (QED) is 0.633. The highest BCUT2D eigenvalue weighted by atomic mass is 35.5. The Kier molecular flexibility index (Phi) is 4.38. The first-order valence-corrected chi connectivity index (χ1v) is 9.30. The summed E-state index contributed by atoms with van der Waals surface area (Å²) in [7, 11) is 1.56. The molecule has 1 aliphatic rings. The molecule has 0 saturated carbocycles. The lowest BCUT2D eigenvalue weighted by atomic mass is 10.1. The summed E-state index contributed by atoms with van der Waals surface area (Å²) in [4.78, 5) is 30.1. The number of hydrogen-bond donors (Lipinski definition) is 0. The van der Waals surface area contributed by atoms with Gasteiger partial charge in [0, 0.05) is 18.5 Å². The van der Waals surface area contributed by atoms with Gasteiger partial charge in [-0.2, -0.15) is 0 Å². The summed E-state index contributed by atoms with van der Waals surface area (Å²) < 4.78 is 6.52. The van der Waals surface area contributed by atoms with Crippen molar-refractivity contribution in [1.82, 2.24) is 4.98 Å². The summed E-state index contributed by atoms with van der Waals surface area (Å²) in [5.41, 5.74) is 2.47. The summed E-state index contributed by atoms with van der Waals surface area (Å²) in [5.74, 6) is -0.0467. The van der Waals surface area contributed by atoms with Crippen molar-refractivity contribution in [3.8, 4) is 16.3 Å². The largest absolute Gasteiger partial charge is 0.495 e. The van der Waals surface area contributed by atoms with Gasteiger partial charge in [-0.05, 0) is 41.9 Å². The number of benzene rings is 2. The van der Waals surface area contributed by atoms with Gasteiger partial charge in [0.2, 0.25) is 11.1 Å². The average Bonchev–Trinajstić information content (AvgIpc) is 3.24. The Labute approximate surface area is 159 Å². The number of hydrogen-bond acceptors (Lipinski definition) is 5. The van der Waals surface area contributed by atoms with Gasteiger partial charge in [0.1, 0.15) is 10.8 Å². The monoisotopic (exact) mass is 386 g/mol. The molecule has 1 atom stereocenters. The summed E-state index contributed by atoms with van der Waals surface area (Å²) in [6.07, 6.45) is 0.122. The smallest absolute Gasteiger partial charge is 0.227 e. The van der Waals surface area contributed by atoms with Crippen LogP contribution < -0.4 is 9.64 Å². The number of halogens is 1. The summed E-state index contributed by atoms with van der Waals surface area (Å²) >= 11 is 7.18. The molecule has 1 amide bonds. The molecule has 132 valence electrons. The number of fused-ring (bicyclic) bond motifs is 1. The molecular weight excluding hydrogens is 372 g/mol. The van der Waals surface area contributed by atoms with Crippen molar-refractivity contribution in [2.75, 3.05) is 18.6 Å². The van der Waals surface area contributed by atoms with Crippen LogP contribution in [0.1, 0.15) is 6.42 Å². The van der Waals surface area contributed by atoms with Crippen molar-refractivity contribution in [3.63, 3.8) is 0 Å². The highest BCUT2D eigenvalue weighted by molar-refractivity contribution is 7.21. The molecule has 0 unspecified atom stereocenters. The topological polar surface area (TPSA) is 59.5 Å². The lowest BCUT2D eigenvalue weighted by molar-refractivity contribution is -0.120. The van der Waals surface area contributed by atoms with E-state index in [1.807, 2.05) is 42.5 Å². The first-order valence-electron chi connectivity index (χ1n) is 8.10. The maximum absolute atomic E-state index is 12.4. The van der Waals surface area contributed by atoms with Crippen LogP contribution in [0.5, 0.6) is 5.75 Å². The minimum absolute atomic E-state index is 0.122. The van der Waals surface area contributed by atoms with Crippen LogP contribution in [-0.2, 0) is 9.59 Å². The van der Waals surface area contributed by atoms with Crippen LogP contribution in [-0.4, -0.2) is 29.8 Å². The van der Waals surface area contributed by atoms with Crippen LogP contribution in [0.25, 0.3) is 20.8 Å². The standard InChI is InChI=1S/C19H15ClN2O3S/c1-25-15-7-6-11(19-21-13-4-2-3-5-16(13)26-19)8-14(15)22-10-12(18(20)24)9-17(22)23/h2-8,12H,9-10H2,1H3/t12-/m0/s1. The Balaban J connectivity index is 1.76. The summed E-state index contributed by atoms with van der Waals surface area (Å²) in [6.45, 7) is 0.265. The second kappa shape index (κ2) is 6.70. The number of aromatic nitrogens is 1. The summed E-state index contributed by atoms with van der Waals surface area (Å²) in [5, 5.41) is 0.383. The molecule has 0 spiro atoms. The van der Waals surface area contributed by atoms with Crippen molar-refractivity contribution in [2.45, 2.75) is 6.42 Å². The normalized spacial score (nSPS) is 17.1. The van der Waals surface area contributed by atoms with E-state index in [1.54, 1.807) is 23.3 Å². The molecule has 0 bridgehead atoms. The Morgan fingerprint density at radius 2 is 2.12 bits per heavy atom. The van der Waals surface area contributed by atoms with Crippen LogP contribution in [0.4, 0.5) is 5.69 Å². The predicted octanol–water partition coefficient (Wildman–Crippen LogP) is 4.09. The molecular formula is C19H15ClN2O3S. The molecule has 2 heterocycles. The third kappa shape index (κ3) is 2.95. The molecule has 1 fully saturated rings. The third-order valence-corrected chi connectivity index (χ3v) is 5.85.